The van der Waals surface area contributed by atoms with Gasteiger partial charge in [0.15, 0.2) is 5.96 Å². The Morgan fingerprint density at radius 3 is 2.58 bits per heavy atom. The van der Waals surface area contributed by atoms with Crippen molar-refractivity contribution in [3.63, 3.8) is 0 Å². The number of aliphatic imine (C=N–C) groups is 1. The average molecular weight is 543 g/mol. The summed E-state index contributed by atoms with van der Waals surface area (Å²) in [6.07, 6.45) is 3.19. The average Bonchev–Trinajstić information content (AvgIpc) is 3.28. The van der Waals surface area contributed by atoms with Gasteiger partial charge in [0.1, 0.15) is 5.82 Å². The van der Waals surface area contributed by atoms with Gasteiger partial charge in [0, 0.05) is 71.1 Å². The van der Waals surface area contributed by atoms with E-state index in [1.54, 1.807) is 0 Å². The molecule has 3 saturated heterocycles. The molecule has 0 spiro atoms. The fraction of sp³-hybridized carbons (Fsp3) is 0.727. The van der Waals surface area contributed by atoms with Crippen LogP contribution in [0.25, 0.3) is 0 Å². The summed E-state index contributed by atoms with van der Waals surface area (Å²) < 4.78 is 5.51. The Labute approximate surface area is 204 Å². The van der Waals surface area contributed by atoms with Crippen LogP contribution in [-0.4, -0.2) is 111 Å². The zero-order valence-electron chi connectivity index (χ0n) is 19.0. The van der Waals surface area contributed by atoms with Gasteiger partial charge in [-0.1, -0.05) is 6.07 Å². The van der Waals surface area contributed by atoms with Crippen LogP contribution in [0.4, 0.5) is 5.82 Å². The quantitative estimate of drug-likeness (QED) is 0.342. The van der Waals surface area contributed by atoms with Crippen LogP contribution in [0.3, 0.4) is 0 Å². The second-order valence-electron chi connectivity index (χ2n) is 8.52. The van der Waals surface area contributed by atoms with Crippen LogP contribution in [0.2, 0.25) is 0 Å². The molecule has 0 aliphatic carbocycles. The summed E-state index contributed by atoms with van der Waals surface area (Å²) >= 11 is 0. The zero-order valence-corrected chi connectivity index (χ0v) is 21.3. The maximum Gasteiger partial charge on any atom is 0.194 e. The lowest BCUT2D eigenvalue weighted by Crippen LogP contribution is -2.46. The molecule has 0 bridgehead atoms. The molecule has 1 aromatic rings. The van der Waals surface area contributed by atoms with Gasteiger partial charge in [-0.05, 0) is 32.0 Å². The minimum Gasteiger partial charge on any atom is -0.379 e. The van der Waals surface area contributed by atoms with E-state index in [4.69, 9.17) is 14.7 Å². The van der Waals surface area contributed by atoms with Gasteiger partial charge in [-0.3, -0.25) is 4.90 Å². The van der Waals surface area contributed by atoms with Crippen molar-refractivity contribution < 1.29 is 4.74 Å². The Balaban J connectivity index is 0.00000272. The number of aromatic nitrogens is 1. The molecule has 174 valence electrons. The van der Waals surface area contributed by atoms with Gasteiger partial charge in [-0.25, -0.2) is 9.98 Å². The van der Waals surface area contributed by atoms with Crippen molar-refractivity contribution in [1.82, 2.24) is 25.0 Å². The predicted molar refractivity (Wildman–Crippen MR) is 137 cm³/mol. The number of likely N-dealkylation sites (tertiary alicyclic amines) is 1. The van der Waals surface area contributed by atoms with Crippen molar-refractivity contribution >= 4 is 35.8 Å². The normalized spacial score (nSPS) is 23.7. The summed E-state index contributed by atoms with van der Waals surface area (Å²) in [5, 5.41) is 3.48. The van der Waals surface area contributed by atoms with E-state index in [0.29, 0.717) is 12.6 Å². The van der Waals surface area contributed by atoms with Crippen molar-refractivity contribution in [2.45, 2.75) is 25.9 Å². The lowest BCUT2D eigenvalue weighted by molar-refractivity contribution is 0.0195. The van der Waals surface area contributed by atoms with E-state index in [1.807, 2.05) is 6.20 Å². The summed E-state index contributed by atoms with van der Waals surface area (Å²) in [5.74, 6) is 2.10. The standard InChI is InChI=1S/C22H37N7O.HI/c1-3-23-22(29-7-6-20(18-29)27-12-14-30-15-13-27)25-17-19-4-5-21(24-16-19)28-10-8-26(2)9-11-28;/h4-5,16,20H,3,6-15,17-18H2,1-2H3,(H,23,25);1H. The van der Waals surface area contributed by atoms with Crippen LogP contribution in [-0.2, 0) is 11.3 Å². The van der Waals surface area contributed by atoms with Gasteiger partial charge >= 0.3 is 0 Å². The number of hydrogen-bond acceptors (Lipinski definition) is 6. The molecule has 0 radical (unpaired) electrons. The van der Waals surface area contributed by atoms with E-state index in [2.05, 4.69) is 51.0 Å². The number of rotatable bonds is 5. The number of nitrogens with one attached hydrogen (secondary N) is 1. The minimum absolute atomic E-state index is 0. The predicted octanol–water partition coefficient (Wildman–Crippen LogP) is 1.32. The molecule has 1 aromatic heterocycles. The number of nitrogens with zero attached hydrogens (tertiary/aromatic N) is 6. The molecule has 1 unspecified atom stereocenters. The monoisotopic (exact) mass is 543 g/mol. The van der Waals surface area contributed by atoms with E-state index in [9.17, 15) is 0 Å². The fourth-order valence-corrected chi connectivity index (χ4v) is 4.50. The number of hydrogen-bond donors (Lipinski definition) is 1. The molecule has 1 N–H and O–H groups in total. The Bertz CT molecular complexity index is 688. The van der Waals surface area contributed by atoms with E-state index < -0.39 is 0 Å². The van der Waals surface area contributed by atoms with E-state index >= 15 is 0 Å². The first-order valence-electron chi connectivity index (χ1n) is 11.5. The molecule has 1 atom stereocenters. The minimum atomic E-state index is 0. The zero-order chi connectivity index (χ0) is 20.8. The third-order valence-corrected chi connectivity index (χ3v) is 6.41. The first-order valence-corrected chi connectivity index (χ1v) is 11.5. The molecule has 4 heterocycles. The van der Waals surface area contributed by atoms with Crippen LogP contribution in [0.1, 0.15) is 18.9 Å². The SMILES string of the molecule is CCNC(=NCc1ccc(N2CCN(C)CC2)nc1)N1CCC(N2CCOCC2)C1.I. The van der Waals surface area contributed by atoms with Gasteiger partial charge in [-0.2, -0.15) is 0 Å². The van der Waals surface area contributed by atoms with Gasteiger partial charge in [0.05, 0.1) is 19.8 Å². The molecule has 3 aliphatic rings. The van der Waals surface area contributed by atoms with Gasteiger partial charge < -0.3 is 24.8 Å². The maximum absolute atomic E-state index is 5.51. The van der Waals surface area contributed by atoms with Crippen LogP contribution in [0.5, 0.6) is 0 Å². The molecule has 0 amide bonds. The molecule has 9 heteroatoms. The number of morpholine rings is 1. The van der Waals surface area contributed by atoms with Crippen molar-refractivity contribution in [3.8, 4) is 0 Å². The fourth-order valence-electron chi connectivity index (χ4n) is 4.50. The maximum atomic E-state index is 5.51. The largest absolute Gasteiger partial charge is 0.379 e. The summed E-state index contributed by atoms with van der Waals surface area (Å²) in [6, 6.07) is 4.93. The van der Waals surface area contributed by atoms with Crippen LogP contribution < -0.4 is 10.2 Å². The Hall–Kier alpha value is -1.17. The first kappa shape index (κ1) is 24.5. The molecule has 0 aromatic carbocycles. The second-order valence-corrected chi connectivity index (χ2v) is 8.52. The molecular formula is C22H38IN7O. The molecule has 3 aliphatic heterocycles. The van der Waals surface area contributed by atoms with Crippen molar-refractivity contribution in [2.24, 2.45) is 4.99 Å². The Morgan fingerprint density at radius 2 is 1.90 bits per heavy atom. The van der Waals surface area contributed by atoms with Crippen LogP contribution >= 0.6 is 24.0 Å². The summed E-state index contributed by atoms with van der Waals surface area (Å²) in [4.78, 5) is 19.4. The molecule has 31 heavy (non-hydrogen) atoms. The van der Waals surface area contributed by atoms with Crippen molar-refractivity contribution in [2.75, 3.05) is 84.1 Å². The Morgan fingerprint density at radius 1 is 1.13 bits per heavy atom. The van der Waals surface area contributed by atoms with Crippen LogP contribution in [0.15, 0.2) is 23.3 Å². The summed E-state index contributed by atoms with van der Waals surface area (Å²) in [5.41, 5.74) is 1.16. The van der Waals surface area contributed by atoms with E-state index in [0.717, 1.165) is 89.5 Å². The number of likely N-dealkylation sites (N-methyl/N-ethyl adjacent to an activating group) is 1. The Kier molecular flexibility index (Phi) is 9.61. The number of ether oxygens (including phenoxy) is 1. The highest BCUT2D eigenvalue weighted by Crippen LogP contribution is 2.18. The highest BCUT2D eigenvalue weighted by Gasteiger charge is 2.30. The third kappa shape index (κ3) is 6.66. The van der Waals surface area contributed by atoms with Crippen molar-refractivity contribution in [3.05, 3.63) is 23.9 Å². The molecule has 0 saturated carbocycles. The number of piperazine rings is 1. The number of pyridine rings is 1. The highest BCUT2D eigenvalue weighted by molar-refractivity contribution is 14.0. The number of anilines is 1. The number of guanidine groups is 1. The summed E-state index contributed by atoms with van der Waals surface area (Å²) in [7, 11) is 2.18. The molecule has 8 nitrogen and oxygen atoms in total. The summed E-state index contributed by atoms with van der Waals surface area (Å²) in [6.45, 7) is 13.9. The molecule has 4 rings (SSSR count). The van der Waals surface area contributed by atoms with Gasteiger partial charge in [0.2, 0.25) is 0 Å². The van der Waals surface area contributed by atoms with Crippen molar-refractivity contribution in [1.29, 1.82) is 0 Å². The molecule has 3 fully saturated rings. The van der Waals surface area contributed by atoms with Crippen LogP contribution in [0, 0.1) is 0 Å². The van der Waals surface area contributed by atoms with Gasteiger partial charge in [0.25, 0.3) is 0 Å². The highest BCUT2D eigenvalue weighted by atomic mass is 127. The lowest BCUT2D eigenvalue weighted by Gasteiger charge is -2.33. The smallest absolute Gasteiger partial charge is 0.194 e. The van der Waals surface area contributed by atoms with E-state index in [-0.39, 0.29) is 24.0 Å². The first-order chi connectivity index (χ1) is 14.7. The topological polar surface area (TPSA) is 59.5 Å². The second kappa shape index (κ2) is 12.2. The third-order valence-electron chi connectivity index (χ3n) is 6.41. The van der Waals surface area contributed by atoms with Gasteiger partial charge in [-0.15, -0.1) is 24.0 Å². The van der Waals surface area contributed by atoms with E-state index in [1.165, 1.54) is 6.42 Å². The number of halogens is 1. The molecular weight excluding hydrogens is 505 g/mol. The lowest BCUT2D eigenvalue weighted by atomic mass is 10.2.